The minimum Gasteiger partial charge on any atom is -0.333 e. The second-order valence-electron chi connectivity index (χ2n) is 5.86. The number of carbonyl (C=O) groups is 1. The molecule has 7 heteroatoms. The lowest BCUT2D eigenvalue weighted by Gasteiger charge is -2.07. The average Bonchev–Trinajstić information content (AvgIpc) is 3.32. The van der Waals surface area contributed by atoms with Crippen molar-refractivity contribution in [2.75, 3.05) is 5.32 Å². The molecule has 0 saturated carbocycles. The van der Waals surface area contributed by atoms with E-state index in [-0.39, 0.29) is 5.91 Å². The Kier molecular flexibility index (Phi) is 4.75. The molecule has 0 atom stereocenters. The molecule has 1 amide bonds. The maximum atomic E-state index is 12.6. The van der Waals surface area contributed by atoms with Crippen LogP contribution >= 0.6 is 22.9 Å². The van der Waals surface area contributed by atoms with E-state index in [1.54, 1.807) is 18.2 Å². The molecule has 0 fully saturated rings. The van der Waals surface area contributed by atoms with Gasteiger partial charge in [-0.2, -0.15) is 4.98 Å². The highest BCUT2D eigenvalue weighted by Gasteiger charge is 2.18. The second-order valence-corrected chi connectivity index (χ2v) is 7.22. The number of hydrogen-bond acceptors (Lipinski definition) is 5. The van der Waals surface area contributed by atoms with E-state index in [1.807, 2.05) is 48.7 Å². The number of aryl methyl sites for hydroxylation is 1. The number of hydrogen-bond donors (Lipinski definition) is 1. The van der Waals surface area contributed by atoms with Gasteiger partial charge in [-0.25, -0.2) is 0 Å². The predicted octanol–water partition coefficient (Wildman–Crippen LogP) is 5.68. The van der Waals surface area contributed by atoms with Crippen LogP contribution in [0.15, 0.2) is 64.5 Å². The Morgan fingerprint density at radius 2 is 1.89 bits per heavy atom. The minimum atomic E-state index is -0.176. The van der Waals surface area contributed by atoms with Crippen molar-refractivity contribution < 1.29 is 9.32 Å². The van der Waals surface area contributed by atoms with E-state index in [0.717, 1.165) is 11.1 Å². The van der Waals surface area contributed by atoms with Gasteiger partial charge in [0.1, 0.15) is 4.88 Å². The summed E-state index contributed by atoms with van der Waals surface area (Å²) < 4.78 is 5.41. The molecule has 134 valence electrons. The quantitative estimate of drug-likeness (QED) is 0.482. The van der Waals surface area contributed by atoms with E-state index in [9.17, 15) is 4.79 Å². The van der Waals surface area contributed by atoms with Crippen LogP contribution in [0.2, 0.25) is 5.02 Å². The Balaban J connectivity index is 1.60. The molecule has 4 rings (SSSR count). The number of nitrogens with one attached hydrogen (secondary N) is 1. The first-order chi connectivity index (χ1) is 13.1. The van der Waals surface area contributed by atoms with Crippen molar-refractivity contribution in [2.24, 2.45) is 0 Å². The minimum absolute atomic E-state index is 0.176. The number of aromatic nitrogens is 2. The highest BCUT2D eigenvalue weighted by molar-refractivity contribution is 7.14. The fourth-order valence-electron chi connectivity index (χ4n) is 2.62. The van der Waals surface area contributed by atoms with Gasteiger partial charge < -0.3 is 9.84 Å². The maximum absolute atomic E-state index is 12.6. The zero-order valence-corrected chi connectivity index (χ0v) is 15.8. The zero-order valence-electron chi connectivity index (χ0n) is 14.3. The van der Waals surface area contributed by atoms with Crippen LogP contribution < -0.4 is 5.32 Å². The average molecular weight is 396 g/mol. The summed E-state index contributed by atoms with van der Waals surface area (Å²) in [5, 5.41) is 9.47. The molecule has 0 aliphatic carbocycles. The Morgan fingerprint density at radius 1 is 1.11 bits per heavy atom. The molecule has 0 unspecified atom stereocenters. The number of benzene rings is 2. The van der Waals surface area contributed by atoms with Crippen molar-refractivity contribution >= 4 is 34.5 Å². The van der Waals surface area contributed by atoms with Crippen molar-refractivity contribution in [3.63, 3.8) is 0 Å². The Labute approximate surface area is 164 Å². The third-order valence-electron chi connectivity index (χ3n) is 4.03. The fraction of sp³-hybridized carbons (Fsp3) is 0.0500. The van der Waals surface area contributed by atoms with Gasteiger partial charge in [0, 0.05) is 16.1 Å². The van der Waals surface area contributed by atoms with Gasteiger partial charge in [-0.1, -0.05) is 35.0 Å². The molecule has 0 saturated heterocycles. The first-order valence-corrected chi connectivity index (χ1v) is 9.42. The predicted molar refractivity (Wildman–Crippen MR) is 107 cm³/mol. The molecule has 0 aliphatic rings. The molecule has 5 nitrogen and oxygen atoms in total. The lowest BCUT2D eigenvalue weighted by molar-refractivity contribution is 0.102. The first kappa shape index (κ1) is 17.5. The van der Waals surface area contributed by atoms with Crippen molar-refractivity contribution in [2.45, 2.75) is 6.92 Å². The van der Waals surface area contributed by atoms with E-state index >= 15 is 0 Å². The van der Waals surface area contributed by atoms with Crippen LogP contribution in [0.1, 0.15) is 15.9 Å². The van der Waals surface area contributed by atoms with Gasteiger partial charge in [0.25, 0.3) is 11.8 Å². The third-order valence-corrected chi connectivity index (χ3v) is 5.18. The van der Waals surface area contributed by atoms with Gasteiger partial charge in [0.15, 0.2) is 0 Å². The smallest absolute Gasteiger partial charge is 0.270 e. The number of rotatable bonds is 4. The maximum Gasteiger partial charge on any atom is 0.270 e. The lowest BCUT2D eigenvalue weighted by atomic mass is 10.1. The molecule has 2 aromatic heterocycles. The van der Waals surface area contributed by atoms with Gasteiger partial charge in [-0.05, 0) is 54.3 Å². The molecule has 2 heterocycles. The lowest BCUT2D eigenvalue weighted by Crippen LogP contribution is -2.13. The summed E-state index contributed by atoms with van der Waals surface area (Å²) in [6.45, 7) is 1.90. The number of amides is 1. The summed E-state index contributed by atoms with van der Waals surface area (Å²) in [6, 6.07) is 16.5. The molecular formula is C20H14ClN3O2S. The standard InChI is InChI=1S/C20H14ClN3O2S/c1-12-4-2-3-5-15(12)19(25)22-16-10-11-27-17(16)20-23-18(24-26-20)13-6-8-14(21)9-7-13/h2-11H,1H3,(H,22,25). The molecule has 0 aliphatic heterocycles. The Morgan fingerprint density at radius 3 is 2.67 bits per heavy atom. The van der Waals surface area contributed by atoms with Crippen molar-refractivity contribution in [1.29, 1.82) is 0 Å². The van der Waals surface area contributed by atoms with Gasteiger partial charge in [0.05, 0.1) is 5.69 Å². The molecule has 0 spiro atoms. The molecule has 27 heavy (non-hydrogen) atoms. The first-order valence-electron chi connectivity index (χ1n) is 8.16. The number of anilines is 1. The van der Waals surface area contributed by atoms with Crippen LogP contribution in [0.3, 0.4) is 0 Å². The summed E-state index contributed by atoms with van der Waals surface area (Å²) in [6.07, 6.45) is 0. The molecule has 0 bridgehead atoms. The van der Waals surface area contributed by atoms with Crippen molar-refractivity contribution in [1.82, 2.24) is 10.1 Å². The molecule has 1 N–H and O–H groups in total. The van der Waals surface area contributed by atoms with E-state index in [2.05, 4.69) is 15.5 Å². The largest absolute Gasteiger partial charge is 0.333 e. The van der Waals surface area contributed by atoms with Gasteiger partial charge in [0.2, 0.25) is 5.82 Å². The number of halogens is 1. The van der Waals surface area contributed by atoms with Crippen LogP contribution in [0.5, 0.6) is 0 Å². The van der Waals surface area contributed by atoms with E-state index in [0.29, 0.717) is 32.9 Å². The molecule has 4 aromatic rings. The van der Waals surface area contributed by atoms with Crippen LogP contribution in [0.4, 0.5) is 5.69 Å². The summed E-state index contributed by atoms with van der Waals surface area (Å²) in [4.78, 5) is 17.8. The van der Waals surface area contributed by atoms with Gasteiger partial charge in [-0.3, -0.25) is 4.79 Å². The zero-order chi connectivity index (χ0) is 18.8. The topological polar surface area (TPSA) is 68.0 Å². The molecule has 0 radical (unpaired) electrons. The normalized spacial score (nSPS) is 10.7. The van der Waals surface area contributed by atoms with Gasteiger partial charge >= 0.3 is 0 Å². The summed E-state index contributed by atoms with van der Waals surface area (Å²) in [5.74, 6) is 0.645. The van der Waals surface area contributed by atoms with Crippen LogP contribution in [-0.4, -0.2) is 16.0 Å². The SMILES string of the molecule is Cc1ccccc1C(=O)Nc1ccsc1-c1nc(-c2ccc(Cl)cc2)no1. The Bertz CT molecular complexity index is 1100. The second kappa shape index (κ2) is 7.34. The van der Waals surface area contributed by atoms with Crippen LogP contribution in [0, 0.1) is 6.92 Å². The number of thiophene rings is 1. The highest BCUT2D eigenvalue weighted by Crippen LogP contribution is 2.34. The number of carbonyl (C=O) groups excluding carboxylic acids is 1. The molecular weight excluding hydrogens is 382 g/mol. The highest BCUT2D eigenvalue weighted by atomic mass is 35.5. The monoisotopic (exact) mass is 395 g/mol. The van der Waals surface area contributed by atoms with Crippen LogP contribution in [0.25, 0.3) is 22.2 Å². The summed E-state index contributed by atoms with van der Waals surface area (Å²) >= 11 is 7.34. The fourth-order valence-corrected chi connectivity index (χ4v) is 3.52. The van der Waals surface area contributed by atoms with E-state index < -0.39 is 0 Å². The molecule has 2 aromatic carbocycles. The summed E-state index contributed by atoms with van der Waals surface area (Å²) in [5.41, 5.74) is 2.98. The van der Waals surface area contributed by atoms with Crippen molar-refractivity contribution in [3.05, 3.63) is 76.1 Å². The van der Waals surface area contributed by atoms with E-state index in [1.165, 1.54) is 11.3 Å². The van der Waals surface area contributed by atoms with Crippen LogP contribution in [-0.2, 0) is 0 Å². The Hall–Kier alpha value is -2.96. The van der Waals surface area contributed by atoms with E-state index in [4.69, 9.17) is 16.1 Å². The van der Waals surface area contributed by atoms with Crippen molar-refractivity contribution in [3.8, 4) is 22.2 Å². The third kappa shape index (κ3) is 3.63. The number of nitrogens with zero attached hydrogens (tertiary/aromatic N) is 2. The van der Waals surface area contributed by atoms with Gasteiger partial charge in [-0.15, -0.1) is 11.3 Å². The summed E-state index contributed by atoms with van der Waals surface area (Å²) in [7, 11) is 0.